The summed E-state index contributed by atoms with van der Waals surface area (Å²) in [5, 5.41) is 3.42. The minimum Gasteiger partial charge on any atom is -0.491 e. The highest BCUT2D eigenvalue weighted by molar-refractivity contribution is 5.48. The quantitative estimate of drug-likeness (QED) is 0.763. The van der Waals surface area contributed by atoms with Crippen molar-refractivity contribution in [3.8, 4) is 11.5 Å². The van der Waals surface area contributed by atoms with Crippen molar-refractivity contribution in [3.63, 3.8) is 0 Å². The van der Waals surface area contributed by atoms with Crippen molar-refractivity contribution in [2.75, 3.05) is 11.9 Å². The molecule has 0 saturated carbocycles. The third kappa shape index (κ3) is 5.32. The Hall–Kier alpha value is -2.16. The van der Waals surface area contributed by atoms with Crippen LogP contribution in [-0.2, 0) is 0 Å². The van der Waals surface area contributed by atoms with E-state index < -0.39 is 0 Å². The van der Waals surface area contributed by atoms with Gasteiger partial charge in [0.15, 0.2) is 0 Å². The number of benzene rings is 2. The minimum absolute atomic E-state index is 0.136. The van der Waals surface area contributed by atoms with Crippen LogP contribution in [0.3, 0.4) is 0 Å². The molecule has 0 aromatic heterocycles. The predicted octanol–water partition coefficient (Wildman–Crippen LogP) is 4.74. The summed E-state index contributed by atoms with van der Waals surface area (Å²) in [6, 6.07) is 18.0. The van der Waals surface area contributed by atoms with E-state index in [-0.39, 0.29) is 12.2 Å². The van der Waals surface area contributed by atoms with Gasteiger partial charge in [0.05, 0.1) is 12.6 Å². The summed E-state index contributed by atoms with van der Waals surface area (Å²) < 4.78 is 11.7. The Morgan fingerprint density at radius 1 is 0.909 bits per heavy atom. The van der Waals surface area contributed by atoms with Crippen molar-refractivity contribution in [1.82, 2.24) is 0 Å². The molecular formula is C19H25NO2. The van der Waals surface area contributed by atoms with Crippen molar-refractivity contribution < 1.29 is 9.47 Å². The van der Waals surface area contributed by atoms with Crippen molar-refractivity contribution in [2.45, 2.75) is 39.4 Å². The molecule has 0 aliphatic heterocycles. The molecule has 0 fully saturated rings. The average molecular weight is 299 g/mol. The highest BCUT2D eigenvalue weighted by Crippen LogP contribution is 2.19. The molecule has 1 unspecified atom stereocenters. The molecular weight excluding hydrogens is 274 g/mol. The highest BCUT2D eigenvalue weighted by Gasteiger charge is 2.08. The van der Waals surface area contributed by atoms with Crippen LogP contribution in [-0.4, -0.2) is 18.8 Å². The Morgan fingerprint density at radius 2 is 1.64 bits per heavy atom. The van der Waals surface area contributed by atoms with E-state index in [0.717, 1.165) is 30.2 Å². The summed E-state index contributed by atoms with van der Waals surface area (Å²) in [7, 11) is 0. The highest BCUT2D eigenvalue weighted by atomic mass is 16.5. The van der Waals surface area contributed by atoms with Gasteiger partial charge < -0.3 is 14.8 Å². The lowest BCUT2D eigenvalue weighted by Gasteiger charge is -2.19. The zero-order valence-corrected chi connectivity index (χ0v) is 13.6. The molecule has 0 radical (unpaired) electrons. The van der Waals surface area contributed by atoms with Crippen LogP contribution >= 0.6 is 0 Å². The van der Waals surface area contributed by atoms with Crippen molar-refractivity contribution in [3.05, 3.63) is 54.6 Å². The monoisotopic (exact) mass is 299 g/mol. The lowest BCUT2D eigenvalue weighted by Crippen LogP contribution is -2.25. The average Bonchev–Trinajstić information content (AvgIpc) is 2.52. The molecule has 2 rings (SSSR count). The van der Waals surface area contributed by atoms with E-state index in [4.69, 9.17) is 9.47 Å². The first-order valence-electron chi connectivity index (χ1n) is 7.89. The van der Waals surface area contributed by atoms with E-state index in [9.17, 15) is 0 Å². The van der Waals surface area contributed by atoms with Crippen LogP contribution in [0.15, 0.2) is 54.6 Å². The van der Waals surface area contributed by atoms with Crippen LogP contribution in [0.5, 0.6) is 11.5 Å². The molecule has 0 aliphatic rings. The van der Waals surface area contributed by atoms with E-state index in [1.807, 2.05) is 68.4 Å². The number of anilines is 1. The van der Waals surface area contributed by atoms with Gasteiger partial charge in [-0.15, -0.1) is 0 Å². The summed E-state index contributed by atoms with van der Waals surface area (Å²) in [5.41, 5.74) is 1.05. The van der Waals surface area contributed by atoms with Crippen LogP contribution in [0.4, 0.5) is 5.69 Å². The van der Waals surface area contributed by atoms with E-state index in [1.165, 1.54) is 0 Å². The van der Waals surface area contributed by atoms with Gasteiger partial charge >= 0.3 is 0 Å². The topological polar surface area (TPSA) is 30.5 Å². The van der Waals surface area contributed by atoms with Crippen molar-refractivity contribution in [2.24, 2.45) is 0 Å². The van der Waals surface area contributed by atoms with Gasteiger partial charge in [-0.1, -0.05) is 31.2 Å². The lowest BCUT2D eigenvalue weighted by molar-refractivity contribution is 0.210. The van der Waals surface area contributed by atoms with Gasteiger partial charge in [-0.25, -0.2) is 0 Å². The van der Waals surface area contributed by atoms with E-state index in [0.29, 0.717) is 0 Å². The standard InChI is InChI=1S/C19H25NO2/c1-4-17(22-18-10-6-5-7-11-18)14-20-16-9-8-12-19(13-16)21-15(2)3/h5-13,15,17,20H,4,14H2,1-3H3. The second-order valence-electron chi connectivity index (χ2n) is 5.54. The number of para-hydroxylation sites is 1. The van der Waals surface area contributed by atoms with Crippen LogP contribution < -0.4 is 14.8 Å². The molecule has 0 amide bonds. The summed E-state index contributed by atoms with van der Waals surface area (Å²) in [4.78, 5) is 0. The number of nitrogens with one attached hydrogen (secondary N) is 1. The molecule has 0 aliphatic carbocycles. The first-order valence-corrected chi connectivity index (χ1v) is 7.89. The molecule has 1 atom stereocenters. The first-order chi connectivity index (χ1) is 10.7. The molecule has 118 valence electrons. The Labute approximate surface area is 133 Å². The Kier molecular flexibility index (Phi) is 6.13. The summed E-state index contributed by atoms with van der Waals surface area (Å²) in [5.74, 6) is 1.80. The second-order valence-corrected chi connectivity index (χ2v) is 5.54. The molecule has 2 aromatic carbocycles. The smallest absolute Gasteiger partial charge is 0.121 e. The van der Waals surface area contributed by atoms with E-state index in [2.05, 4.69) is 12.2 Å². The van der Waals surface area contributed by atoms with E-state index >= 15 is 0 Å². The Balaban J connectivity index is 1.90. The van der Waals surface area contributed by atoms with Gasteiger partial charge in [0, 0.05) is 11.8 Å². The predicted molar refractivity (Wildman–Crippen MR) is 91.8 cm³/mol. The normalized spacial score (nSPS) is 12.0. The molecule has 0 spiro atoms. The summed E-state index contributed by atoms with van der Waals surface area (Å²) in [6.45, 7) is 6.95. The van der Waals surface area contributed by atoms with Gasteiger partial charge in [0.25, 0.3) is 0 Å². The van der Waals surface area contributed by atoms with Gasteiger partial charge in [0.2, 0.25) is 0 Å². The largest absolute Gasteiger partial charge is 0.491 e. The molecule has 0 saturated heterocycles. The van der Waals surface area contributed by atoms with Gasteiger partial charge in [-0.2, -0.15) is 0 Å². The SMILES string of the molecule is CCC(CNc1cccc(OC(C)C)c1)Oc1ccccc1. The van der Waals surface area contributed by atoms with Crippen LogP contribution in [0.1, 0.15) is 27.2 Å². The summed E-state index contributed by atoms with van der Waals surface area (Å²) >= 11 is 0. The number of ether oxygens (including phenoxy) is 2. The zero-order valence-electron chi connectivity index (χ0n) is 13.6. The number of hydrogen-bond donors (Lipinski definition) is 1. The van der Waals surface area contributed by atoms with Crippen molar-refractivity contribution in [1.29, 1.82) is 0 Å². The van der Waals surface area contributed by atoms with Crippen LogP contribution in [0.25, 0.3) is 0 Å². The maximum Gasteiger partial charge on any atom is 0.121 e. The lowest BCUT2D eigenvalue weighted by atomic mass is 10.2. The third-order valence-electron chi connectivity index (χ3n) is 3.24. The molecule has 3 heteroatoms. The number of rotatable bonds is 8. The zero-order chi connectivity index (χ0) is 15.8. The van der Waals surface area contributed by atoms with Gasteiger partial charge in [-0.05, 0) is 44.5 Å². The first kappa shape index (κ1) is 16.2. The van der Waals surface area contributed by atoms with E-state index in [1.54, 1.807) is 0 Å². The minimum atomic E-state index is 0.136. The maximum absolute atomic E-state index is 5.99. The summed E-state index contributed by atoms with van der Waals surface area (Å²) in [6.07, 6.45) is 1.27. The fourth-order valence-electron chi connectivity index (χ4n) is 2.14. The Morgan fingerprint density at radius 3 is 2.32 bits per heavy atom. The van der Waals surface area contributed by atoms with Gasteiger partial charge in [-0.3, -0.25) is 0 Å². The molecule has 0 bridgehead atoms. The molecule has 2 aromatic rings. The Bertz CT molecular complexity index is 554. The molecule has 0 heterocycles. The van der Waals surface area contributed by atoms with Crippen LogP contribution in [0.2, 0.25) is 0 Å². The van der Waals surface area contributed by atoms with Crippen molar-refractivity contribution >= 4 is 5.69 Å². The van der Waals surface area contributed by atoms with Gasteiger partial charge in [0.1, 0.15) is 17.6 Å². The van der Waals surface area contributed by atoms with Crippen LogP contribution in [0, 0.1) is 0 Å². The molecule has 1 N–H and O–H groups in total. The second kappa shape index (κ2) is 8.32. The maximum atomic E-state index is 5.99. The third-order valence-corrected chi connectivity index (χ3v) is 3.24. The fourth-order valence-corrected chi connectivity index (χ4v) is 2.14. The number of hydrogen-bond acceptors (Lipinski definition) is 3. The fraction of sp³-hybridized carbons (Fsp3) is 0.368. The molecule has 3 nitrogen and oxygen atoms in total. The molecule has 22 heavy (non-hydrogen) atoms.